The average molecular weight is 537 g/mol. The Balaban J connectivity index is 1.44. The standard InChI is InChI=1S/C27H21BrO7/c1-2-13-32-27(31)18-5-9-20(10-6-18)35-25-16-34-24-14-21(11-12-22(24)26(25)30)33-15-23(29)17-3-7-19(28)8-4-17/h3-12,14,16H,2,13,15H2,1H3. The van der Waals surface area contributed by atoms with E-state index in [1.807, 2.05) is 6.92 Å². The molecule has 0 saturated carbocycles. The number of carbonyl (C=O) groups excluding carboxylic acids is 2. The quantitative estimate of drug-likeness (QED) is 0.186. The Morgan fingerprint density at radius 2 is 1.60 bits per heavy atom. The van der Waals surface area contributed by atoms with Gasteiger partial charge in [-0.25, -0.2) is 4.79 Å². The predicted molar refractivity (Wildman–Crippen MR) is 134 cm³/mol. The largest absolute Gasteiger partial charge is 0.485 e. The third-order valence-electron chi connectivity index (χ3n) is 5.01. The van der Waals surface area contributed by atoms with Crippen LogP contribution in [0.1, 0.15) is 34.1 Å². The summed E-state index contributed by atoms with van der Waals surface area (Å²) in [5, 5.41) is 0.300. The molecule has 8 heteroatoms. The molecule has 1 aromatic heterocycles. The van der Waals surface area contributed by atoms with Crippen molar-refractivity contribution >= 4 is 38.7 Å². The molecule has 0 bridgehead atoms. The number of fused-ring (bicyclic) bond motifs is 1. The van der Waals surface area contributed by atoms with Crippen LogP contribution in [0.25, 0.3) is 11.0 Å². The third kappa shape index (κ3) is 5.96. The molecule has 0 N–H and O–H groups in total. The highest BCUT2D eigenvalue weighted by atomic mass is 79.9. The van der Waals surface area contributed by atoms with Crippen molar-refractivity contribution in [2.45, 2.75) is 13.3 Å². The van der Waals surface area contributed by atoms with E-state index in [0.717, 1.165) is 10.9 Å². The van der Waals surface area contributed by atoms with E-state index in [2.05, 4.69) is 15.9 Å². The first-order chi connectivity index (χ1) is 16.9. The zero-order valence-corrected chi connectivity index (χ0v) is 20.4. The van der Waals surface area contributed by atoms with E-state index in [9.17, 15) is 14.4 Å². The minimum absolute atomic E-state index is 0.00195. The third-order valence-corrected chi connectivity index (χ3v) is 5.53. The second kappa shape index (κ2) is 11.0. The molecular formula is C27H21BrO7. The van der Waals surface area contributed by atoms with Gasteiger partial charge in [-0.2, -0.15) is 0 Å². The fourth-order valence-electron chi connectivity index (χ4n) is 3.18. The van der Waals surface area contributed by atoms with Gasteiger partial charge in [-0.1, -0.05) is 35.0 Å². The molecule has 0 fully saturated rings. The predicted octanol–water partition coefficient (Wildman–Crippen LogP) is 6.18. The molecule has 0 amide bonds. The van der Waals surface area contributed by atoms with Gasteiger partial charge < -0.3 is 18.6 Å². The summed E-state index contributed by atoms with van der Waals surface area (Å²) in [4.78, 5) is 37.1. The Kier molecular flexibility index (Phi) is 7.62. The van der Waals surface area contributed by atoms with Crippen LogP contribution >= 0.6 is 15.9 Å². The van der Waals surface area contributed by atoms with Crippen LogP contribution in [0.5, 0.6) is 17.2 Å². The van der Waals surface area contributed by atoms with E-state index in [1.54, 1.807) is 66.7 Å². The van der Waals surface area contributed by atoms with Crippen LogP contribution in [0.2, 0.25) is 0 Å². The normalized spacial score (nSPS) is 10.7. The van der Waals surface area contributed by atoms with Crippen LogP contribution in [0, 0.1) is 0 Å². The van der Waals surface area contributed by atoms with Gasteiger partial charge in [0.25, 0.3) is 0 Å². The van der Waals surface area contributed by atoms with Crippen molar-refractivity contribution in [2.75, 3.05) is 13.2 Å². The average Bonchev–Trinajstić information content (AvgIpc) is 2.88. The Hall–Kier alpha value is -3.91. The molecule has 3 aromatic carbocycles. The van der Waals surface area contributed by atoms with E-state index in [4.69, 9.17) is 18.6 Å². The lowest BCUT2D eigenvalue weighted by atomic mass is 10.1. The maximum Gasteiger partial charge on any atom is 0.338 e. The number of rotatable bonds is 9. The maximum absolute atomic E-state index is 12.9. The van der Waals surface area contributed by atoms with Crippen molar-refractivity contribution < 1.29 is 28.2 Å². The molecule has 4 rings (SSSR count). The molecule has 0 unspecified atom stereocenters. The summed E-state index contributed by atoms with van der Waals surface area (Å²) < 4.78 is 22.8. The van der Waals surface area contributed by atoms with E-state index in [1.165, 1.54) is 6.26 Å². The maximum atomic E-state index is 12.9. The summed E-state index contributed by atoms with van der Waals surface area (Å²) in [6.07, 6.45) is 1.95. The summed E-state index contributed by atoms with van der Waals surface area (Å²) in [6, 6.07) is 18.0. The van der Waals surface area contributed by atoms with Crippen molar-refractivity contribution in [3.05, 3.63) is 98.8 Å². The Morgan fingerprint density at radius 3 is 2.31 bits per heavy atom. The zero-order valence-electron chi connectivity index (χ0n) is 18.8. The van der Waals surface area contributed by atoms with Crippen LogP contribution in [-0.2, 0) is 4.74 Å². The minimum atomic E-state index is -0.416. The number of Topliss-reactive ketones (excluding diaryl/α,β-unsaturated/α-hetero) is 1. The van der Waals surface area contributed by atoms with E-state index < -0.39 is 5.97 Å². The second-order valence-corrected chi connectivity index (χ2v) is 8.48. The molecule has 1 heterocycles. The van der Waals surface area contributed by atoms with Crippen molar-refractivity contribution in [3.63, 3.8) is 0 Å². The summed E-state index contributed by atoms with van der Waals surface area (Å²) in [6.45, 7) is 2.11. The van der Waals surface area contributed by atoms with Crippen molar-refractivity contribution in [3.8, 4) is 17.2 Å². The highest BCUT2D eigenvalue weighted by molar-refractivity contribution is 9.10. The summed E-state index contributed by atoms with van der Waals surface area (Å²) in [7, 11) is 0. The van der Waals surface area contributed by atoms with Gasteiger partial charge in [0.1, 0.15) is 23.3 Å². The van der Waals surface area contributed by atoms with Gasteiger partial charge in [0, 0.05) is 16.1 Å². The fraction of sp³-hybridized carbons (Fsp3) is 0.148. The number of benzene rings is 3. The minimum Gasteiger partial charge on any atom is -0.485 e. The lowest BCUT2D eigenvalue weighted by Gasteiger charge is -2.09. The molecule has 0 aliphatic carbocycles. The molecule has 178 valence electrons. The molecule has 0 atom stereocenters. The fourth-order valence-corrected chi connectivity index (χ4v) is 3.45. The first-order valence-electron chi connectivity index (χ1n) is 10.9. The number of hydrogen-bond donors (Lipinski definition) is 0. The smallest absolute Gasteiger partial charge is 0.338 e. The number of ketones is 1. The van der Waals surface area contributed by atoms with E-state index >= 15 is 0 Å². The highest BCUT2D eigenvalue weighted by Gasteiger charge is 2.13. The van der Waals surface area contributed by atoms with Crippen LogP contribution in [0.4, 0.5) is 0 Å². The van der Waals surface area contributed by atoms with Gasteiger partial charge in [0.05, 0.1) is 17.6 Å². The van der Waals surface area contributed by atoms with Crippen LogP contribution < -0.4 is 14.9 Å². The molecular weight excluding hydrogens is 516 g/mol. The van der Waals surface area contributed by atoms with Crippen molar-refractivity contribution in [1.29, 1.82) is 0 Å². The van der Waals surface area contributed by atoms with Gasteiger partial charge in [0.2, 0.25) is 11.2 Å². The Bertz CT molecular complexity index is 1410. The van der Waals surface area contributed by atoms with Crippen LogP contribution in [-0.4, -0.2) is 25.0 Å². The monoisotopic (exact) mass is 536 g/mol. The molecule has 0 aliphatic rings. The summed E-state index contributed by atoms with van der Waals surface area (Å²) >= 11 is 3.33. The van der Waals surface area contributed by atoms with Crippen molar-refractivity contribution in [2.24, 2.45) is 0 Å². The second-order valence-electron chi connectivity index (χ2n) is 7.57. The van der Waals surface area contributed by atoms with Gasteiger partial charge in [-0.05, 0) is 55.0 Å². The topological polar surface area (TPSA) is 92.0 Å². The van der Waals surface area contributed by atoms with Gasteiger partial charge in [0.15, 0.2) is 12.4 Å². The molecule has 7 nitrogen and oxygen atoms in total. The molecule has 35 heavy (non-hydrogen) atoms. The number of ether oxygens (including phenoxy) is 3. The number of esters is 1. The first-order valence-corrected chi connectivity index (χ1v) is 11.7. The SMILES string of the molecule is CCCOC(=O)c1ccc(Oc2coc3cc(OCC(=O)c4ccc(Br)cc4)ccc3c2=O)cc1. The van der Waals surface area contributed by atoms with Gasteiger partial charge in [-0.3, -0.25) is 9.59 Å². The number of carbonyl (C=O) groups is 2. The van der Waals surface area contributed by atoms with E-state index in [-0.39, 0.29) is 23.6 Å². The van der Waals surface area contributed by atoms with Crippen LogP contribution in [0.15, 0.2) is 86.7 Å². The molecule has 0 spiro atoms. The summed E-state index contributed by atoms with van der Waals surface area (Å²) in [5.41, 5.74) is 0.857. The summed E-state index contributed by atoms with van der Waals surface area (Å²) in [5.74, 6) is 0.172. The number of halogens is 1. The lowest BCUT2D eigenvalue weighted by Crippen LogP contribution is -2.11. The molecule has 0 aliphatic heterocycles. The van der Waals surface area contributed by atoms with E-state index in [0.29, 0.717) is 40.2 Å². The molecule has 0 saturated heterocycles. The van der Waals surface area contributed by atoms with Crippen molar-refractivity contribution in [1.82, 2.24) is 0 Å². The molecule has 0 radical (unpaired) electrons. The van der Waals surface area contributed by atoms with Gasteiger partial charge >= 0.3 is 5.97 Å². The Labute approximate surface area is 209 Å². The van der Waals surface area contributed by atoms with Crippen LogP contribution in [0.3, 0.4) is 0 Å². The van der Waals surface area contributed by atoms with Gasteiger partial charge in [-0.15, -0.1) is 0 Å². The first kappa shape index (κ1) is 24.2. The zero-order chi connectivity index (χ0) is 24.8. The molecule has 4 aromatic rings. The Morgan fingerprint density at radius 1 is 0.914 bits per heavy atom. The highest BCUT2D eigenvalue weighted by Crippen LogP contribution is 2.24. The lowest BCUT2D eigenvalue weighted by molar-refractivity contribution is 0.0505. The number of hydrogen-bond acceptors (Lipinski definition) is 7.